The number of benzene rings is 1. The quantitative estimate of drug-likeness (QED) is 0.849. The first-order valence-electron chi connectivity index (χ1n) is 8.65. The molecule has 2 aliphatic heterocycles. The number of rotatable bonds is 3. The minimum absolute atomic E-state index is 0.0169. The van der Waals surface area contributed by atoms with Crippen LogP contribution in [0.5, 0.6) is 11.5 Å². The number of hydrogen-bond donors (Lipinski definition) is 0. The summed E-state index contributed by atoms with van der Waals surface area (Å²) in [6, 6.07) is 5.32. The number of hydrogen-bond acceptors (Lipinski definition) is 4. The number of carbonyl (C=O) groups excluding carboxylic acids is 2. The SMILES string of the molecule is CCCC(=O)N1CCCN(C(=O)c2ccc3c(c2)OCCO3)CC1. The molecule has 0 radical (unpaired) electrons. The maximum absolute atomic E-state index is 12.8. The van der Waals surface area contributed by atoms with Crippen molar-refractivity contribution in [2.45, 2.75) is 26.2 Å². The third kappa shape index (κ3) is 3.63. The lowest BCUT2D eigenvalue weighted by molar-refractivity contribution is -0.131. The van der Waals surface area contributed by atoms with Crippen LogP contribution in [0.4, 0.5) is 0 Å². The molecular weight excluding hydrogens is 308 g/mol. The Kier molecular flexibility index (Phi) is 5.23. The summed E-state index contributed by atoms with van der Waals surface area (Å²) in [7, 11) is 0. The van der Waals surface area contributed by atoms with Gasteiger partial charge in [-0.05, 0) is 31.0 Å². The van der Waals surface area contributed by atoms with Crippen LogP contribution in [-0.2, 0) is 4.79 Å². The normalized spacial score (nSPS) is 17.4. The Hall–Kier alpha value is -2.24. The molecule has 0 aromatic heterocycles. The average molecular weight is 332 g/mol. The molecule has 1 aromatic carbocycles. The van der Waals surface area contributed by atoms with Crippen molar-refractivity contribution in [3.8, 4) is 11.5 Å². The maximum Gasteiger partial charge on any atom is 0.254 e. The molecule has 6 heteroatoms. The fourth-order valence-electron chi connectivity index (χ4n) is 3.10. The highest BCUT2D eigenvalue weighted by Gasteiger charge is 2.23. The number of carbonyl (C=O) groups is 2. The molecule has 0 atom stereocenters. The second-order valence-electron chi connectivity index (χ2n) is 6.13. The molecule has 6 nitrogen and oxygen atoms in total. The zero-order valence-electron chi connectivity index (χ0n) is 14.1. The summed E-state index contributed by atoms with van der Waals surface area (Å²) in [6.45, 7) is 5.62. The Morgan fingerprint density at radius 2 is 1.71 bits per heavy atom. The van der Waals surface area contributed by atoms with Crippen molar-refractivity contribution < 1.29 is 19.1 Å². The summed E-state index contributed by atoms with van der Waals surface area (Å²) in [6.07, 6.45) is 2.25. The first-order chi connectivity index (χ1) is 11.7. The monoisotopic (exact) mass is 332 g/mol. The topological polar surface area (TPSA) is 59.1 Å². The predicted octanol–water partition coefficient (Wildman–Crippen LogP) is 1.93. The van der Waals surface area contributed by atoms with Gasteiger partial charge in [0.25, 0.3) is 5.91 Å². The number of nitrogens with zero attached hydrogens (tertiary/aromatic N) is 2. The van der Waals surface area contributed by atoms with E-state index in [9.17, 15) is 9.59 Å². The van der Waals surface area contributed by atoms with Crippen molar-refractivity contribution in [3.63, 3.8) is 0 Å². The second-order valence-corrected chi connectivity index (χ2v) is 6.13. The third-order valence-corrected chi connectivity index (χ3v) is 4.39. The van der Waals surface area contributed by atoms with Gasteiger partial charge in [-0.15, -0.1) is 0 Å². The molecule has 0 unspecified atom stereocenters. The van der Waals surface area contributed by atoms with Gasteiger partial charge in [0.15, 0.2) is 11.5 Å². The third-order valence-electron chi connectivity index (χ3n) is 4.39. The summed E-state index contributed by atoms with van der Waals surface area (Å²) in [4.78, 5) is 28.5. The molecule has 0 bridgehead atoms. The highest BCUT2D eigenvalue weighted by molar-refractivity contribution is 5.95. The lowest BCUT2D eigenvalue weighted by Crippen LogP contribution is -2.37. The number of amides is 2. The van der Waals surface area contributed by atoms with Crippen LogP contribution in [0.3, 0.4) is 0 Å². The van der Waals surface area contributed by atoms with E-state index in [1.54, 1.807) is 18.2 Å². The molecule has 3 rings (SSSR count). The van der Waals surface area contributed by atoms with Gasteiger partial charge in [-0.3, -0.25) is 9.59 Å². The van der Waals surface area contributed by atoms with E-state index in [0.29, 0.717) is 56.3 Å². The van der Waals surface area contributed by atoms with E-state index in [1.807, 2.05) is 16.7 Å². The summed E-state index contributed by atoms with van der Waals surface area (Å²) < 4.78 is 11.0. The fraction of sp³-hybridized carbons (Fsp3) is 0.556. The lowest BCUT2D eigenvalue weighted by Gasteiger charge is -2.23. The first kappa shape index (κ1) is 16.6. The zero-order valence-corrected chi connectivity index (χ0v) is 14.1. The minimum atomic E-state index is -0.0169. The Bertz CT molecular complexity index is 617. The van der Waals surface area contributed by atoms with Crippen molar-refractivity contribution in [2.24, 2.45) is 0 Å². The molecule has 1 aromatic rings. The first-order valence-corrected chi connectivity index (χ1v) is 8.65. The largest absolute Gasteiger partial charge is 0.486 e. The molecule has 1 fully saturated rings. The van der Waals surface area contributed by atoms with Gasteiger partial charge in [-0.25, -0.2) is 0 Å². The van der Waals surface area contributed by atoms with Crippen molar-refractivity contribution in [3.05, 3.63) is 23.8 Å². The molecule has 2 amide bonds. The van der Waals surface area contributed by atoms with E-state index in [-0.39, 0.29) is 11.8 Å². The molecule has 0 spiro atoms. The Balaban J connectivity index is 1.66. The predicted molar refractivity (Wildman–Crippen MR) is 89.4 cm³/mol. The Labute approximate surface area is 142 Å². The standard InChI is InChI=1S/C18H24N2O4/c1-2-4-17(21)19-7-3-8-20(10-9-19)18(22)14-5-6-15-16(13-14)24-12-11-23-15/h5-6,13H,2-4,7-12H2,1H3. The van der Waals surface area contributed by atoms with Crippen LogP contribution in [0, 0.1) is 0 Å². The molecule has 2 aliphatic rings. The van der Waals surface area contributed by atoms with E-state index in [2.05, 4.69) is 0 Å². The van der Waals surface area contributed by atoms with Gasteiger partial charge in [-0.1, -0.05) is 6.92 Å². The summed E-state index contributed by atoms with van der Waals surface area (Å²) in [5.74, 6) is 1.48. The van der Waals surface area contributed by atoms with Crippen LogP contribution in [-0.4, -0.2) is 61.0 Å². The van der Waals surface area contributed by atoms with E-state index >= 15 is 0 Å². The maximum atomic E-state index is 12.8. The van der Waals surface area contributed by atoms with Gasteiger partial charge in [-0.2, -0.15) is 0 Å². The van der Waals surface area contributed by atoms with Gasteiger partial charge < -0.3 is 19.3 Å². The van der Waals surface area contributed by atoms with Crippen molar-refractivity contribution >= 4 is 11.8 Å². The zero-order chi connectivity index (χ0) is 16.9. The van der Waals surface area contributed by atoms with Gasteiger partial charge in [0.05, 0.1) is 0 Å². The van der Waals surface area contributed by atoms with E-state index in [1.165, 1.54) is 0 Å². The Morgan fingerprint density at radius 3 is 2.50 bits per heavy atom. The van der Waals surface area contributed by atoms with Crippen LogP contribution < -0.4 is 9.47 Å². The van der Waals surface area contributed by atoms with Crippen molar-refractivity contribution in [2.75, 3.05) is 39.4 Å². The van der Waals surface area contributed by atoms with Crippen LogP contribution in [0.15, 0.2) is 18.2 Å². The van der Waals surface area contributed by atoms with Crippen LogP contribution in [0.2, 0.25) is 0 Å². The minimum Gasteiger partial charge on any atom is -0.486 e. The average Bonchev–Trinajstić information content (AvgIpc) is 2.87. The molecule has 0 saturated carbocycles. The van der Waals surface area contributed by atoms with E-state index < -0.39 is 0 Å². The highest BCUT2D eigenvalue weighted by atomic mass is 16.6. The summed E-state index contributed by atoms with van der Waals surface area (Å²) >= 11 is 0. The molecule has 24 heavy (non-hydrogen) atoms. The van der Waals surface area contributed by atoms with Gasteiger partial charge in [0.1, 0.15) is 13.2 Å². The van der Waals surface area contributed by atoms with E-state index in [0.717, 1.165) is 19.4 Å². The lowest BCUT2D eigenvalue weighted by atomic mass is 10.1. The Morgan fingerprint density at radius 1 is 1.00 bits per heavy atom. The molecule has 0 aliphatic carbocycles. The number of fused-ring (bicyclic) bond motifs is 1. The fourth-order valence-corrected chi connectivity index (χ4v) is 3.10. The second kappa shape index (κ2) is 7.55. The highest BCUT2D eigenvalue weighted by Crippen LogP contribution is 2.31. The molecule has 130 valence electrons. The van der Waals surface area contributed by atoms with Gasteiger partial charge in [0, 0.05) is 38.2 Å². The molecule has 2 heterocycles. The van der Waals surface area contributed by atoms with Crippen LogP contribution >= 0.6 is 0 Å². The smallest absolute Gasteiger partial charge is 0.254 e. The van der Waals surface area contributed by atoms with Crippen molar-refractivity contribution in [1.29, 1.82) is 0 Å². The van der Waals surface area contributed by atoms with Crippen LogP contribution in [0.25, 0.3) is 0 Å². The van der Waals surface area contributed by atoms with Crippen molar-refractivity contribution in [1.82, 2.24) is 9.80 Å². The summed E-state index contributed by atoms with van der Waals surface area (Å²) in [5.41, 5.74) is 0.604. The van der Waals surface area contributed by atoms with E-state index in [4.69, 9.17) is 9.47 Å². The van der Waals surface area contributed by atoms with Gasteiger partial charge >= 0.3 is 0 Å². The molecular formula is C18H24N2O4. The summed E-state index contributed by atoms with van der Waals surface area (Å²) in [5, 5.41) is 0. The van der Waals surface area contributed by atoms with Gasteiger partial charge in [0.2, 0.25) is 5.91 Å². The van der Waals surface area contributed by atoms with Crippen LogP contribution in [0.1, 0.15) is 36.5 Å². The molecule has 1 saturated heterocycles. The molecule has 0 N–H and O–H groups in total. The number of ether oxygens (including phenoxy) is 2.